The summed E-state index contributed by atoms with van der Waals surface area (Å²) in [7, 11) is -4.01. The molecular weight excluding hydrogens is 566 g/mol. The lowest BCUT2D eigenvalue weighted by atomic mass is 9.93. The van der Waals surface area contributed by atoms with E-state index in [0.29, 0.717) is 17.7 Å². The van der Waals surface area contributed by atoms with Crippen molar-refractivity contribution in [2.45, 2.75) is 71.2 Å². The van der Waals surface area contributed by atoms with Gasteiger partial charge in [0, 0.05) is 0 Å². The number of ether oxygens (including phenoxy) is 1. The number of esters is 1. The molecule has 0 unspecified atom stereocenters. The minimum absolute atomic E-state index is 0.149. The first-order valence-electron chi connectivity index (χ1n) is 15.5. The van der Waals surface area contributed by atoms with E-state index in [1.54, 1.807) is 35.5 Å². The van der Waals surface area contributed by atoms with Gasteiger partial charge in [0.1, 0.15) is 0 Å². The van der Waals surface area contributed by atoms with Crippen molar-refractivity contribution in [2.75, 3.05) is 6.61 Å². The van der Waals surface area contributed by atoms with Gasteiger partial charge in [-0.05, 0) is 80.1 Å². The molecule has 0 spiro atoms. The molecule has 44 heavy (non-hydrogen) atoms. The Labute approximate surface area is 263 Å². The number of carbonyl (C=O) groups excluding carboxylic acids is 1. The molecule has 0 atom stereocenters. The second-order valence-electron chi connectivity index (χ2n) is 11.1. The quantitative estimate of drug-likeness (QED) is 0.0812. The number of aryl methyl sites for hydroxylation is 2. The Hall–Kier alpha value is -4.16. The first kappa shape index (κ1) is 32.7. The Balaban J connectivity index is 2.01. The number of sulfonamides is 1. The highest BCUT2D eigenvalue weighted by Gasteiger charge is 2.30. The van der Waals surface area contributed by atoms with Gasteiger partial charge in [-0.1, -0.05) is 116 Å². The van der Waals surface area contributed by atoms with E-state index in [0.717, 1.165) is 59.1 Å². The van der Waals surface area contributed by atoms with E-state index in [-0.39, 0.29) is 18.0 Å². The van der Waals surface area contributed by atoms with Crippen LogP contribution in [0.2, 0.25) is 0 Å². The summed E-state index contributed by atoms with van der Waals surface area (Å²) in [4.78, 5) is 12.8. The molecule has 5 nitrogen and oxygen atoms in total. The highest BCUT2D eigenvalue weighted by molar-refractivity contribution is 7.89. The number of rotatable bonds is 14. The van der Waals surface area contributed by atoms with Crippen molar-refractivity contribution in [2.24, 2.45) is 0 Å². The molecule has 4 aromatic rings. The zero-order valence-corrected chi connectivity index (χ0v) is 27.1. The molecule has 4 aromatic carbocycles. The third kappa shape index (κ3) is 8.26. The molecule has 4 rings (SSSR count). The van der Waals surface area contributed by atoms with Gasteiger partial charge >= 0.3 is 5.97 Å². The van der Waals surface area contributed by atoms with Crippen LogP contribution in [0.15, 0.2) is 108 Å². The fraction of sp³-hybridized carbons (Fsp3) is 0.289. The summed E-state index contributed by atoms with van der Waals surface area (Å²) in [6, 6.07) is 32.1. The average molecular weight is 610 g/mol. The van der Waals surface area contributed by atoms with Crippen LogP contribution in [-0.2, 0) is 21.3 Å². The molecule has 0 fully saturated rings. The number of nitrogens with zero attached hydrogens (tertiary/aromatic N) is 1. The molecule has 0 N–H and O–H groups in total. The Morgan fingerprint density at radius 2 is 1.25 bits per heavy atom. The van der Waals surface area contributed by atoms with Crippen molar-refractivity contribution in [3.8, 4) is 0 Å². The predicted octanol–water partition coefficient (Wildman–Crippen LogP) is 9.21. The van der Waals surface area contributed by atoms with Crippen molar-refractivity contribution >= 4 is 27.3 Å². The smallest absolute Gasteiger partial charge is 0.338 e. The van der Waals surface area contributed by atoms with E-state index in [4.69, 9.17) is 4.74 Å². The van der Waals surface area contributed by atoms with E-state index in [2.05, 4.69) is 31.2 Å². The molecule has 6 heteroatoms. The van der Waals surface area contributed by atoms with Crippen molar-refractivity contribution in [1.29, 1.82) is 0 Å². The van der Waals surface area contributed by atoms with Gasteiger partial charge in [-0.15, -0.1) is 0 Å². The van der Waals surface area contributed by atoms with E-state index in [1.807, 2.05) is 68.4 Å². The zero-order chi connectivity index (χ0) is 31.5. The summed E-state index contributed by atoms with van der Waals surface area (Å²) in [5.74, 6) is -0.406. The number of carbonyl (C=O) groups is 1. The van der Waals surface area contributed by atoms with Crippen LogP contribution in [0, 0.1) is 13.8 Å². The van der Waals surface area contributed by atoms with Gasteiger partial charge in [-0.3, -0.25) is 4.31 Å². The lowest BCUT2D eigenvalue weighted by Gasteiger charge is -2.31. The Kier molecular flexibility index (Phi) is 11.6. The summed E-state index contributed by atoms with van der Waals surface area (Å²) >= 11 is 0. The van der Waals surface area contributed by atoms with Crippen LogP contribution in [0.3, 0.4) is 0 Å². The van der Waals surface area contributed by atoms with Crippen molar-refractivity contribution in [3.05, 3.63) is 137 Å². The van der Waals surface area contributed by atoms with Crippen LogP contribution in [0.1, 0.15) is 84.1 Å². The van der Waals surface area contributed by atoms with Crippen LogP contribution >= 0.6 is 0 Å². The van der Waals surface area contributed by atoms with Crippen LogP contribution in [0.5, 0.6) is 0 Å². The first-order chi connectivity index (χ1) is 21.2. The SMILES string of the molecule is CCCCCC/C(=C(\c1ccc(C(=O)OCC)cc1)N(Cc1ccccc1)S(=O)(=O)c1ccc(C)cc1)c1ccc(C)cc1. The Morgan fingerprint density at radius 3 is 1.84 bits per heavy atom. The molecule has 0 aromatic heterocycles. The molecule has 0 aliphatic carbocycles. The van der Waals surface area contributed by atoms with E-state index >= 15 is 0 Å². The molecule has 0 aliphatic rings. The fourth-order valence-electron chi connectivity index (χ4n) is 5.20. The van der Waals surface area contributed by atoms with Crippen LogP contribution < -0.4 is 0 Å². The standard InChI is InChI=1S/C38H43NO4S/c1-5-7-8-12-15-36(32-20-16-29(3)17-21-32)37(33-22-24-34(25-23-33)38(40)43-6-2)39(28-31-13-10-9-11-14-31)44(41,42)35-26-18-30(4)19-27-35/h9-11,13-14,16-27H,5-8,12,15,28H2,1-4H3/b37-36-. The number of benzene rings is 4. The molecule has 0 amide bonds. The lowest BCUT2D eigenvalue weighted by molar-refractivity contribution is 0.0526. The van der Waals surface area contributed by atoms with Gasteiger partial charge in [-0.25, -0.2) is 13.2 Å². The van der Waals surface area contributed by atoms with Gasteiger partial charge < -0.3 is 4.74 Å². The zero-order valence-electron chi connectivity index (χ0n) is 26.3. The largest absolute Gasteiger partial charge is 0.462 e. The van der Waals surface area contributed by atoms with E-state index in [9.17, 15) is 13.2 Å². The monoisotopic (exact) mass is 609 g/mol. The Morgan fingerprint density at radius 1 is 0.682 bits per heavy atom. The summed E-state index contributed by atoms with van der Waals surface area (Å²) in [5.41, 5.74) is 6.68. The molecule has 230 valence electrons. The molecule has 0 saturated carbocycles. The van der Waals surface area contributed by atoms with Crippen molar-refractivity contribution in [1.82, 2.24) is 4.31 Å². The number of allylic oxidation sites excluding steroid dienone is 1. The van der Waals surface area contributed by atoms with Crippen LogP contribution in [-0.4, -0.2) is 25.3 Å². The third-order valence-corrected chi connectivity index (χ3v) is 9.42. The molecule has 0 heterocycles. The molecule has 0 bridgehead atoms. The first-order valence-corrected chi connectivity index (χ1v) is 16.9. The topological polar surface area (TPSA) is 63.7 Å². The summed E-state index contributed by atoms with van der Waals surface area (Å²) in [5, 5.41) is 0. The summed E-state index contributed by atoms with van der Waals surface area (Å²) in [6.45, 7) is 8.38. The molecule has 0 aliphatic heterocycles. The van der Waals surface area contributed by atoms with Gasteiger partial charge in [0.05, 0.1) is 29.3 Å². The van der Waals surface area contributed by atoms with Gasteiger partial charge in [0.2, 0.25) is 0 Å². The van der Waals surface area contributed by atoms with E-state index in [1.165, 1.54) is 0 Å². The molecule has 0 radical (unpaired) electrons. The van der Waals surface area contributed by atoms with Crippen molar-refractivity contribution < 1.29 is 17.9 Å². The minimum Gasteiger partial charge on any atom is -0.462 e. The number of hydrogen-bond donors (Lipinski definition) is 0. The Bertz CT molecular complexity index is 1640. The highest BCUT2D eigenvalue weighted by Crippen LogP contribution is 2.38. The van der Waals surface area contributed by atoms with Crippen LogP contribution in [0.4, 0.5) is 0 Å². The van der Waals surface area contributed by atoms with Gasteiger partial charge in [0.25, 0.3) is 10.0 Å². The van der Waals surface area contributed by atoms with Crippen LogP contribution in [0.25, 0.3) is 11.3 Å². The molecule has 0 saturated heterocycles. The van der Waals surface area contributed by atoms with Gasteiger partial charge in [0.15, 0.2) is 0 Å². The molecular formula is C38H43NO4S. The maximum atomic E-state index is 14.7. The normalized spacial score (nSPS) is 12.0. The maximum absolute atomic E-state index is 14.7. The van der Waals surface area contributed by atoms with Gasteiger partial charge in [-0.2, -0.15) is 0 Å². The summed E-state index contributed by atoms with van der Waals surface area (Å²) < 4.78 is 36.2. The summed E-state index contributed by atoms with van der Waals surface area (Å²) in [6.07, 6.45) is 4.89. The highest BCUT2D eigenvalue weighted by atomic mass is 32.2. The predicted molar refractivity (Wildman–Crippen MR) is 180 cm³/mol. The second-order valence-corrected chi connectivity index (χ2v) is 13.0. The maximum Gasteiger partial charge on any atom is 0.338 e. The third-order valence-electron chi connectivity index (χ3n) is 7.66. The average Bonchev–Trinajstić information content (AvgIpc) is 3.03. The second kappa shape index (κ2) is 15.5. The number of unbranched alkanes of at least 4 members (excludes halogenated alkanes) is 3. The lowest BCUT2D eigenvalue weighted by Crippen LogP contribution is -2.30. The minimum atomic E-state index is -4.01. The number of hydrogen-bond acceptors (Lipinski definition) is 4. The van der Waals surface area contributed by atoms with Crippen molar-refractivity contribution in [3.63, 3.8) is 0 Å². The fourth-order valence-corrected chi connectivity index (χ4v) is 6.71. The van der Waals surface area contributed by atoms with E-state index < -0.39 is 16.0 Å².